The van der Waals surface area contributed by atoms with Crippen molar-refractivity contribution >= 4 is 29.0 Å². The van der Waals surface area contributed by atoms with E-state index in [1.54, 1.807) is 0 Å². The highest BCUT2D eigenvalue weighted by Gasteiger charge is 2.15. The Morgan fingerprint density at radius 2 is 2.33 bits per heavy atom. The van der Waals surface area contributed by atoms with Crippen molar-refractivity contribution in [3.63, 3.8) is 0 Å². The molecule has 2 heterocycles. The number of nitrogens with two attached hydrogens (primary N) is 1. The van der Waals surface area contributed by atoms with Crippen LogP contribution in [-0.4, -0.2) is 27.7 Å². The van der Waals surface area contributed by atoms with Crippen LogP contribution in [-0.2, 0) is 4.74 Å². The number of rotatable bonds is 1. The van der Waals surface area contributed by atoms with Crippen LogP contribution < -0.4 is 5.73 Å². The van der Waals surface area contributed by atoms with E-state index in [4.69, 9.17) is 17.3 Å². The van der Waals surface area contributed by atoms with E-state index in [9.17, 15) is 4.79 Å². The molecule has 0 saturated heterocycles. The monoisotopic (exact) mass is 226 g/mol. The zero-order valence-electron chi connectivity index (χ0n) is 7.77. The number of ether oxygens (including phenoxy) is 1. The Balaban J connectivity index is 2.71. The molecule has 2 aromatic rings. The first-order valence-electron chi connectivity index (χ1n) is 4.01. The number of aromatic nitrogens is 3. The first-order chi connectivity index (χ1) is 7.15. The van der Waals surface area contributed by atoms with Gasteiger partial charge in [-0.05, 0) is 0 Å². The summed E-state index contributed by atoms with van der Waals surface area (Å²) in [4.78, 5) is 15.2. The first-order valence-corrected chi connectivity index (χ1v) is 4.39. The first kappa shape index (κ1) is 9.72. The lowest BCUT2D eigenvalue weighted by atomic mass is 10.3. The Hall–Kier alpha value is -1.82. The number of esters is 1. The summed E-state index contributed by atoms with van der Waals surface area (Å²) in [5.74, 6) is -0.410. The average Bonchev–Trinajstić information content (AvgIpc) is 2.61. The Morgan fingerprint density at radius 1 is 1.60 bits per heavy atom. The second kappa shape index (κ2) is 3.39. The molecule has 7 heteroatoms. The van der Waals surface area contributed by atoms with Crippen molar-refractivity contribution in [2.45, 2.75) is 0 Å². The smallest absolute Gasteiger partial charge is 0.343 e. The van der Waals surface area contributed by atoms with Gasteiger partial charge in [-0.3, -0.25) is 0 Å². The molecule has 0 fully saturated rings. The van der Waals surface area contributed by atoms with Crippen LogP contribution >= 0.6 is 11.6 Å². The van der Waals surface area contributed by atoms with Crippen molar-refractivity contribution < 1.29 is 9.53 Å². The summed E-state index contributed by atoms with van der Waals surface area (Å²) >= 11 is 5.79. The molecule has 6 nitrogen and oxygen atoms in total. The minimum atomic E-state index is -0.562. The maximum absolute atomic E-state index is 11.3. The minimum absolute atomic E-state index is 0.152. The second-order valence-corrected chi connectivity index (χ2v) is 3.18. The molecular weight excluding hydrogens is 220 g/mol. The standard InChI is InChI=1S/C8H7ClN4O2/c1-15-8(14)4-2-11-7-5(9)3-12-13(7)6(4)10/h2-3H,10H2,1H3. The second-order valence-electron chi connectivity index (χ2n) is 2.78. The molecule has 0 aromatic carbocycles. The molecule has 0 atom stereocenters. The molecule has 0 aliphatic carbocycles. The van der Waals surface area contributed by atoms with Crippen molar-refractivity contribution in [1.82, 2.24) is 14.6 Å². The summed E-state index contributed by atoms with van der Waals surface area (Å²) < 4.78 is 5.83. The van der Waals surface area contributed by atoms with Gasteiger partial charge < -0.3 is 10.5 Å². The zero-order chi connectivity index (χ0) is 11.0. The Morgan fingerprint density at radius 3 is 3.00 bits per heavy atom. The van der Waals surface area contributed by atoms with Crippen LogP contribution in [0, 0.1) is 0 Å². The van der Waals surface area contributed by atoms with Crippen molar-refractivity contribution in [3.05, 3.63) is 23.0 Å². The third kappa shape index (κ3) is 1.39. The Bertz CT molecular complexity index is 537. The van der Waals surface area contributed by atoms with Gasteiger partial charge in [-0.25, -0.2) is 9.78 Å². The third-order valence-electron chi connectivity index (χ3n) is 1.93. The van der Waals surface area contributed by atoms with Crippen LogP contribution in [0.5, 0.6) is 0 Å². The van der Waals surface area contributed by atoms with E-state index in [1.807, 2.05) is 0 Å². The number of hydrogen-bond acceptors (Lipinski definition) is 5. The summed E-state index contributed by atoms with van der Waals surface area (Å²) in [6.45, 7) is 0. The summed E-state index contributed by atoms with van der Waals surface area (Å²) in [6.07, 6.45) is 2.71. The number of hydrogen-bond donors (Lipinski definition) is 1. The number of methoxy groups -OCH3 is 1. The molecule has 0 radical (unpaired) electrons. The van der Waals surface area contributed by atoms with E-state index in [0.29, 0.717) is 10.7 Å². The van der Waals surface area contributed by atoms with E-state index < -0.39 is 5.97 Å². The quantitative estimate of drug-likeness (QED) is 0.726. The van der Waals surface area contributed by atoms with Gasteiger partial charge in [0, 0.05) is 6.20 Å². The number of fused-ring (bicyclic) bond motifs is 1. The van der Waals surface area contributed by atoms with Crippen LogP contribution in [0.2, 0.25) is 5.02 Å². The van der Waals surface area contributed by atoms with Gasteiger partial charge in [0.25, 0.3) is 0 Å². The SMILES string of the molecule is COC(=O)c1cnc2c(Cl)cnn2c1N. The van der Waals surface area contributed by atoms with E-state index in [2.05, 4.69) is 14.8 Å². The van der Waals surface area contributed by atoms with Gasteiger partial charge in [0.1, 0.15) is 16.4 Å². The molecule has 2 rings (SSSR count). The molecule has 78 valence electrons. The predicted octanol–water partition coefficient (Wildman–Crippen LogP) is 0.751. The minimum Gasteiger partial charge on any atom is -0.465 e. The average molecular weight is 227 g/mol. The van der Waals surface area contributed by atoms with Crippen LogP contribution in [0.1, 0.15) is 10.4 Å². The maximum atomic E-state index is 11.3. The van der Waals surface area contributed by atoms with E-state index in [1.165, 1.54) is 24.0 Å². The fourth-order valence-corrected chi connectivity index (χ4v) is 1.36. The highest BCUT2D eigenvalue weighted by atomic mass is 35.5. The summed E-state index contributed by atoms with van der Waals surface area (Å²) in [7, 11) is 1.27. The molecular formula is C8H7ClN4O2. The van der Waals surface area contributed by atoms with Crippen molar-refractivity contribution in [2.24, 2.45) is 0 Å². The normalized spacial score (nSPS) is 10.5. The lowest BCUT2D eigenvalue weighted by Crippen LogP contribution is -2.11. The molecule has 0 saturated carbocycles. The Kier molecular flexibility index (Phi) is 2.20. The van der Waals surface area contributed by atoms with E-state index >= 15 is 0 Å². The Labute approximate surface area is 89.6 Å². The molecule has 0 amide bonds. The lowest BCUT2D eigenvalue weighted by Gasteiger charge is -2.04. The summed E-state index contributed by atoms with van der Waals surface area (Å²) in [5, 5.41) is 4.26. The van der Waals surface area contributed by atoms with E-state index in [0.717, 1.165) is 0 Å². The van der Waals surface area contributed by atoms with Gasteiger partial charge in [-0.2, -0.15) is 9.61 Å². The number of halogens is 1. The summed E-state index contributed by atoms with van der Waals surface area (Å²) in [5.41, 5.74) is 6.27. The third-order valence-corrected chi connectivity index (χ3v) is 2.19. The van der Waals surface area contributed by atoms with Crippen LogP contribution in [0.4, 0.5) is 5.82 Å². The molecule has 0 spiro atoms. The lowest BCUT2D eigenvalue weighted by molar-refractivity contribution is 0.0601. The zero-order valence-corrected chi connectivity index (χ0v) is 8.52. The van der Waals surface area contributed by atoms with Gasteiger partial charge in [-0.15, -0.1) is 0 Å². The number of nitrogen functional groups attached to an aromatic ring is 1. The number of nitrogens with zero attached hydrogens (tertiary/aromatic N) is 3. The maximum Gasteiger partial charge on any atom is 0.343 e. The van der Waals surface area contributed by atoms with Gasteiger partial charge >= 0.3 is 5.97 Å². The summed E-state index contributed by atoms with van der Waals surface area (Å²) in [6, 6.07) is 0. The van der Waals surface area contributed by atoms with Crippen LogP contribution in [0.25, 0.3) is 5.65 Å². The highest BCUT2D eigenvalue weighted by molar-refractivity contribution is 6.33. The number of anilines is 1. The largest absolute Gasteiger partial charge is 0.465 e. The molecule has 15 heavy (non-hydrogen) atoms. The number of carbonyl (C=O) groups excluding carboxylic acids is 1. The van der Waals surface area contributed by atoms with Crippen molar-refractivity contribution in [3.8, 4) is 0 Å². The van der Waals surface area contributed by atoms with Gasteiger partial charge in [0.05, 0.1) is 13.3 Å². The van der Waals surface area contributed by atoms with Crippen LogP contribution in [0.3, 0.4) is 0 Å². The topological polar surface area (TPSA) is 82.5 Å². The molecule has 2 aromatic heterocycles. The van der Waals surface area contributed by atoms with Gasteiger partial charge in [-0.1, -0.05) is 11.6 Å². The van der Waals surface area contributed by atoms with Gasteiger partial charge in [0.15, 0.2) is 5.65 Å². The fourth-order valence-electron chi connectivity index (χ4n) is 1.19. The molecule has 2 N–H and O–H groups in total. The highest BCUT2D eigenvalue weighted by Crippen LogP contribution is 2.19. The fraction of sp³-hybridized carbons (Fsp3) is 0.125. The van der Waals surface area contributed by atoms with Crippen molar-refractivity contribution in [1.29, 1.82) is 0 Å². The van der Waals surface area contributed by atoms with E-state index in [-0.39, 0.29) is 11.4 Å². The predicted molar refractivity (Wildman–Crippen MR) is 53.7 cm³/mol. The van der Waals surface area contributed by atoms with Crippen LogP contribution in [0.15, 0.2) is 12.4 Å². The van der Waals surface area contributed by atoms with Gasteiger partial charge in [0.2, 0.25) is 0 Å². The molecule has 0 aliphatic heterocycles. The number of carbonyl (C=O) groups is 1. The molecule has 0 aliphatic rings. The van der Waals surface area contributed by atoms with Crippen molar-refractivity contribution in [2.75, 3.05) is 12.8 Å². The molecule has 0 unspecified atom stereocenters. The molecule has 0 bridgehead atoms.